The molecule has 0 fully saturated rings. The average molecular weight is 269 g/mol. The van der Waals surface area contributed by atoms with E-state index in [1.165, 1.54) is 6.08 Å². The molecule has 0 spiro atoms. The number of rotatable bonds is 8. The van der Waals surface area contributed by atoms with E-state index >= 15 is 0 Å². The zero-order valence-electron chi connectivity index (χ0n) is 12.7. The largest absolute Gasteiger partial charge is 0.465 e. The smallest absolute Gasteiger partial charge is 0.311 e. The van der Waals surface area contributed by atoms with Crippen LogP contribution in [0.3, 0.4) is 0 Å². The number of carbonyl (C=O) groups is 2. The van der Waals surface area contributed by atoms with E-state index in [1.54, 1.807) is 4.90 Å². The highest BCUT2D eigenvalue weighted by molar-refractivity contribution is 5.86. The van der Waals surface area contributed by atoms with Gasteiger partial charge in [-0.25, -0.2) is 0 Å². The predicted octanol–water partition coefficient (Wildman–Crippen LogP) is 2.78. The molecule has 110 valence electrons. The third kappa shape index (κ3) is 7.65. The second-order valence-electron chi connectivity index (χ2n) is 5.62. The molecule has 0 radical (unpaired) electrons. The van der Waals surface area contributed by atoms with Crippen molar-refractivity contribution in [1.29, 1.82) is 0 Å². The van der Waals surface area contributed by atoms with Gasteiger partial charge in [0, 0.05) is 13.1 Å². The summed E-state index contributed by atoms with van der Waals surface area (Å²) in [5, 5.41) is 0. The molecule has 0 aromatic rings. The first-order valence-corrected chi connectivity index (χ1v) is 6.91. The molecule has 0 aliphatic rings. The van der Waals surface area contributed by atoms with Gasteiger partial charge in [0.1, 0.15) is 0 Å². The number of amides is 1. The lowest BCUT2D eigenvalue weighted by atomic mass is 9.97. The van der Waals surface area contributed by atoms with E-state index in [0.29, 0.717) is 19.6 Å². The Balaban J connectivity index is 4.02. The summed E-state index contributed by atoms with van der Waals surface area (Å²) in [7, 11) is 0. The van der Waals surface area contributed by atoms with Crippen molar-refractivity contribution in [2.75, 3.05) is 19.7 Å². The fourth-order valence-electron chi connectivity index (χ4n) is 1.45. The summed E-state index contributed by atoms with van der Waals surface area (Å²) in [6, 6.07) is 0. The number of hydrogen-bond donors (Lipinski definition) is 0. The number of nitrogens with zero attached hydrogens (tertiary/aromatic N) is 1. The van der Waals surface area contributed by atoms with Crippen molar-refractivity contribution < 1.29 is 14.3 Å². The van der Waals surface area contributed by atoms with Crippen LogP contribution < -0.4 is 0 Å². The molecule has 0 heterocycles. The summed E-state index contributed by atoms with van der Waals surface area (Å²) in [5.41, 5.74) is -0.473. The molecule has 0 aliphatic heterocycles. The van der Waals surface area contributed by atoms with E-state index in [4.69, 9.17) is 4.74 Å². The summed E-state index contributed by atoms with van der Waals surface area (Å²) in [5.74, 6) is -0.266. The summed E-state index contributed by atoms with van der Waals surface area (Å²) < 4.78 is 5.17. The lowest BCUT2D eigenvalue weighted by Gasteiger charge is -2.21. The lowest BCUT2D eigenvalue weighted by molar-refractivity contribution is -0.153. The first-order chi connectivity index (χ1) is 8.82. The van der Waals surface area contributed by atoms with E-state index in [1.807, 2.05) is 20.8 Å². The number of hydrogen-bond acceptors (Lipinski definition) is 3. The molecular formula is C15H27NO3. The molecule has 0 aromatic heterocycles. The third-order valence-electron chi connectivity index (χ3n) is 2.69. The molecule has 0 atom stereocenters. The molecule has 0 saturated carbocycles. The summed E-state index contributed by atoms with van der Waals surface area (Å²) >= 11 is 0. The Morgan fingerprint density at radius 3 is 2.26 bits per heavy atom. The van der Waals surface area contributed by atoms with Crippen molar-refractivity contribution in [2.45, 2.75) is 47.0 Å². The molecule has 19 heavy (non-hydrogen) atoms. The van der Waals surface area contributed by atoms with E-state index in [0.717, 1.165) is 19.4 Å². The zero-order chi connectivity index (χ0) is 14.9. The van der Waals surface area contributed by atoms with Gasteiger partial charge < -0.3 is 9.64 Å². The molecule has 0 aliphatic carbocycles. The van der Waals surface area contributed by atoms with Gasteiger partial charge in [-0.15, -0.1) is 0 Å². The second kappa shape index (κ2) is 8.73. The fourth-order valence-corrected chi connectivity index (χ4v) is 1.45. The van der Waals surface area contributed by atoms with Crippen molar-refractivity contribution in [3.63, 3.8) is 0 Å². The van der Waals surface area contributed by atoms with Gasteiger partial charge in [-0.3, -0.25) is 9.59 Å². The van der Waals surface area contributed by atoms with Crippen molar-refractivity contribution in [3.05, 3.63) is 12.7 Å². The van der Waals surface area contributed by atoms with Crippen LogP contribution in [0.25, 0.3) is 0 Å². The lowest BCUT2D eigenvalue weighted by Crippen LogP contribution is -2.32. The normalized spacial score (nSPS) is 10.9. The minimum absolute atomic E-state index is 0.0596. The van der Waals surface area contributed by atoms with Gasteiger partial charge in [0.2, 0.25) is 5.91 Å². The van der Waals surface area contributed by atoms with Gasteiger partial charge in [0.25, 0.3) is 0 Å². The highest BCUT2D eigenvalue weighted by Crippen LogP contribution is 2.15. The van der Waals surface area contributed by atoms with Crippen LogP contribution in [0.4, 0.5) is 0 Å². The zero-order valence-corrected chi connectivity index (χ0v) is 12.7. The number of carbonyl (C=O) groups excluding carboxylic acids is 2. The number of esters is 1. The minimum atomic E-state index is -0.473. The van der Waals surface area contributed by atoms with Crippen LogP contribution >= 0.6 is 0 Å². The Hall–Kier alpha value is -1.32. The maximum atomic E-state index is 11.6. The van der Waals surface area contributed by atoms with Crippen LogP contribution in [0, 0.1) is 5.41 Å². The maximum absolute atomic E-state index is 11.6. The SMILES string of the molecule is C=CC(=O)N(CCCC)CCCOC(=O)C(C)(C)C. The Kier molecular flexibility index (Phi) is 8.12. The van der Waals surface area contributed by atoms with E-state index in [2.05, 4.69) is 13.5 Å². The van der Waals surface area contributed by atoms with Gasteiger partial charge in [-0.2, -0.15) is 0 Å². The molecule has 0 N–H and O–H groups in total. The molecule has 4 nitrogen and oxygen atoms in total. The van der Waals surface area contributed by atoms with Crippen LogP contribution in [0.1, 0.15) is 47.0 Å². The van der Waals surface area contributed by atoms with E-state index in [-0.39, 0.29) is 11.9 Å². The van der Waals surface area contributed by atoms with E-state index < -0.39 is 5.41 Å². The average Bonchev–Trinajstić information content (AvgIpc) is 2.35. The number of unbranched alkanes of at least 4 members (excludes halogenated alkanes) is 1. The summed E-state index contributed by atoms with van der Waals surface area (Å²) in [6.07, 6.45) is 4.00. The van der Waals surface area contributed by atoms with Crippen LogP contribution in [-0.4, -0.2) is 36.5 Å². The molecule has 0 unspecified atom stereocenters. The Bertz CT molecular complexity index is 305. The van der Waals surface area contributed by atoms with Gasteiger partial charge in [-0.05, 0) is 39.7 Å². The van der Waals surface area contributed by atoms with Crippen molar-refractivity contribution in [3.8, 4) is 0 Å². The summed E-state index contributed by atoms with van der Waals surface area (Å²) in [6.45, 7) is 12.7. The molecular weight excluding hydrogens is 242 g/mol. The Morgan fingerprint density at radius 1 is 1.21 bits per heavy atom. The van der Waals surface area contributed by atoms with Crippen LogP contribution in [0.2, 0.25) is 0 Å². The maximum Gasteiger partial charge on any atom is 0.311 e. The van der Waals surface area contributed by atoms with Crippen LogP contribution in [0.15, 0.2) is 12.7 Å². The van der Waals surface area contributed by atoms with Crippen molar-refractivity contribution >= 4 is 11.9 Å². The van der Waals surface area contributed by atoms with Crippen LogP contribution in [0.5, 0.6) is 0 Å². The molecule has 0 saturated heterocycles. The highest BCUT2D eigenvalue weighted by Gasteiger charge is 2.22. The standard InChI is InChI=1S/C15H27NO3/c1-6-8-10-16(13(17)7-2)11-9-12-19-14(18)15(3,4)5/h7H,2,6,8-12H2,1,3-5H3. The first kappa shape index (κ1) is 17.7. The van der Waals surface area contributed by atoms with E-state index in [9.17, 15) is 9.59 Å². The quantitative estimate of drug-likeness (QED) is 0.387. The topological polar surface area (TPSA) is 46.6 Å². The minimum Gasteiger partial charge on any atom is -0.465 e. The van der Waals surface area contributed by atoms with Gasteiger partial charge in [0.05, 0.1) is 12.0 Å². The Morgan fingerprint density at radius 2 is 1.79 bits per heavy atom. The second-order valence-corrected chi connectivity index (χ2v) is 5.62. The highest BCUT2D eigenvalue weighted by atomic mass is 16.5. The molecule has 4 heteroatoms. The van der Waals surface area contributed by atoms with Gasteiger partial charge >= 0.3 is 5.97 Å². The third-order valence-corrected chi connectivity index (χ3v) is 2.69. The Labute approximate surface area is 116 Å². The monoisotopic (exact) mass is 269 g/mol. The summed E-state index contributed by atoms with van der Waals surface area (Å²) in [4.78, 5) is 24.9. The molecule has 1 amide bonds. The van der Waals surface area contributed by atoms with Gasteiger partial charge in [0.15, 0.2) is 0 Å². The van der Waals surface area contributed by atoms with Crippen molar-refractivity contribution in [1.82, 2.24) is 4.90 Å². The fraction of sp³-hybridized carbons (Fsp3) is 0.733. The van der Waals surface area contributed by atoms with Crippen LogP contribution in [-0.2, 0) is 14.3 Å². The van der Waals surface area contributed by atoms with Gasteiger partial charge in [-0.1, -0.05) is 19.9 Å². The van der Waals surface area contributed by atoms with Crippen molar-refractivity contribution in [2.24, 2.45) is 5.41 Å². The predicted molar refractivity (Wildman–Crippen MR) is 76.7 cm³/mol. The number of ether oxygens (including phenoxy) is 1. The molecule has 0 aromatic carbocycles. The first-order valence-electron chi connectivity index (χ1n) is 6.91. The molecule has 0 rings (SSSR count). The molecule has 0 bridgehead atoms.